The van der Waals surface area contributed by atoms with Crippen molar-refractivity contribution in [1.29, 1.82) is 0 Å². The number of rotatable bonds is 12. The zero-order valence-electron chi connectivity index (χ0n) is 17.1. The third kappa shape index (κ3) is 5.96. The van der Waals surface area contributed by atoms with Crippen molar-refractivity contribution in [2.24, 2.45) is 0 Å². The van der Waals surface area contributed by atoms with Crippen LogP contribution < -0.4 is 5.56 Å². The van der Waals surface area contributed by atoms with Gasteiger partial charge >= 0.3 is 0 Å². The highest BCUT2D eigenvalue weighted by molar-refractivity contribution is 7.18. The molecule has 160 valence electrons. The standard InChI is InChI=1S/C21H31N3O4S/c1-3-10-28-14-15(25)12-24(9-6-11-27-2)13-18-22-20(26)19-16-7-4-5-8-17(16)29-21(19)23-18/h3,15,25H,1,4-14H2,2H3,(H,22,23,26)/t15-/m1/s1. The Hall–Kier alpha value is -1.58. The minimum atomic E-state index is -0.623. The Morgan fingerprint density at radius 3 is 3.03 bits per heavy atom. The summed E-state index contributed by atoms with van der Waals surface area (Å²) >= 11 is 1.66. The van der Waals surface area contributed by atoms with Gasteiger partial charge in [0.15, 0.2) is 0 Å². The summed E-state index contributed by atoms with van der Waals surface area (Å²) in [7, 11) is 1.67. The molecule has 0 spiro atoms. The number of aliphatic hydroxyl groups excluding tert-OH is 1. The average Bonchev–Trinajstić information content (AvgIpc) is 3.07. The molecular weight excluding hydrogens is 390 g/mol. The summed E-state index contributed by atoms with van der Waals surface area (Å²) in [6.07, 6.45) is 6.21. The van der Waals surface area contributed by atoms with Crippen molar-refractivity contribution >= 4 is 21.6 Å². The van der Waals surface area contributed by atoms with E-state index in [-0.39, 0.29) is 12.2 Å². The van der Waals surface area contributed by atoms with E-state index in [9.17, 15) is 9.90 Å². The SMILES string of the molecule is C=CCOC[C@H](O)CN(CCCOC)Cc1nc2sc3c(c2c(=O)[nH]1)CCCC3. The van der Waals surface area contributed by atoms with Crippen molar-refractivity contribution in [2.45, 2.75) is 44.8 Å². The first-order chi connectivity index (χ1) is 14.1. The number of H-pyrrole nitrogens is 1. The lowest BCUT2D eigenvalue weighted by atomic mass is 9.97. The van der Waals surface area contributed by atoms with Crippen molar-refractivity contribution in [1.82, 2.24) is 14.9 Å². The number of aromatic nitrogens is 2. The lowest BCUT2D eigenvalue weighted by molar-refractivity contribution is 0.0225. The van der Waals surface area contributed by atoms with Crippen LogP contribution in [-0.2, 0) is 28.9 Å². The molecule has 0 bridgehead atoms. The number of aryl methyl sites for hydroxylation is 2. The molecule has 0 radical (unpaired) electrons. The molecule has 0 saturated carbocycles. The van der Waals surface area contributed by atoms with Crippen LogP contribution in [0.5, 0.6) is 0 Å². The number of methoxy groups -OCH3 is 1. The van der Waals surface area contributed by atoms with Crippen LogP contribution >= 0.6 is 11.3 Å². The first-order valence-corrected chi connectivity index (χ1v) is 11.1. The van der Waals surface area contributed by atoms with Crippen molar-refractivity contribution in [3.05, 3.63) is 39.3 Å². The molecule has 2 aromatic rings. The highest BCUT2D eigenvalue weighted by Crippen LogP contribution is 2.33. The van der Waals surface area contributed by atoms with Crippen molar-refractivity contribution in [3.63, 3.8) is 0 Å². The summed E-state index contributed by atoms with van der Waals surface area (Å²) < 4.78 is 10.5. The molecule has 2 N–H and O–H groups in total. The molecule has 1 aliphatic rings. The van der Waals surface area contributed by atoms with Gasteiger partial charge in [-0.15, -0.1) is 17.9 Å². The van der Waals surface area contributed by atoms with Crippen molar-refractivity contribution < 1.29 is 14.6 Å². The topological polar surface area (TPSA) is 87.7 Å². The quantitative estimate of drug-likeness (QED) is 0.404. The van der Waals surface area contributed by atoms with Crippen molar-refractivity contribution in [2.75, 3.05) is 40.0 Å². The Bertz CT molecular complexity index is 863. The molecule has 0 aliphatic heterocycles. The zero-order valence-corrected chi connectivity index (χ0v) is 17.9. The summed E-state index contributed by atoms with van der Waals surface area (Å²) in [6, 6.07) is 0. The zero-order chi connectivity index (χ0) is 20.6. The molecule has 1 atom stereocenters. The number of aromatic amines is 1. The van der Waals surface area contributed by atoms with E-state index in [0.29, 0.717) is 32.1 Å². The lowest BCUT2D eigenvalue weighted by Gasteiger charge is -2.24. The maximum atomic E-state index is 12.8. The van der Waals surface area contributed by atoms with Gasteiger partial charge in [-0.3, -0.25) is 9.69 Å². The second-order valence-electron chi connectivity index (χ2n) is 7.47. The van der Waals surface area contributed by atoms with Crippen LogP contribution in [0.1, 0.15) is 35.5 Å². The van der Waals surface area contributed by atoms with Crippen LogP contribution in [0, 0.1) is 0 Å². The number of nitrogens with one attached hydrogen (secondary N) is 1. The molecular formula is C21H31N3O4S. The second-order valence-corrected chi connectivity index (χ2v) is 8.55. The number of nitrogens with zero attached hydrogens (tertiary/aromatic N) is 2. The van der Waals surface area contributed by atoms with Crippen LogP contribution in [-0.4, -0.2) is 66.1 Å². The van der Waals surface area contributed by atoms with E-state index in [2.05, 4.69) is 16.5 Å². The fourth-order valence-corrected chi connectivity index (χ4v) is 5.08. The van der Waals surface area contributed by atoms with Gasteiger partial charge < -0.3 is 19.6 Å². The van der Waals surface area contributed by atoms with E-state index in [4.69, 9.17) is 14.5 Å². The van der Waals surface area contributed by atoms with Gasteiger partial charge in [-0.25, -0.2) is 4.98 Å². The highest BCUT2D eigenvalue weighted by Gasteiger charge is 2.21. The van der Waals surface area contributed by atoms with Gasteiger partial charge in [0, 0.05) is 31.7 Å². The van der Waals surface area contributed by atoms with E-state index < -0.39 is 6.10 Å². The highest BCUT2D eigenvalue weighted by atomic mass is 32.1. The predicted molar refractivity (Wildman–Crippen MR) is 116 cm³/mol. The van der Waals surface area contributed by atoms with Crippen LogP contribution in [0.15, 0.2) is 17.4 Å². The van der Waals surface area contributed by atoms with Crippen LogP contribution in [0.25, 0.3) is 10.2 Å². The van der Waals surface area contributed by atoms with Gasteiger partial charge in [-0.1, -0.05) is 6.08 Å². The smallest absolute Gasteiger partial charge is 0.259 e. The molecule has 3 rings (SSSR count). The second kappa shape index (κ2) is 11.0. The third-order valence-corrected chi connectivity index (χ3v) is 6.27. The Labute approximate surface area is 175 Å². The fraction of sp³-hybridized carbons (Fsp3) is 0.619. The van der Waals surface area contributed by atoms with Gasteiger partial charge in [0.05, 0.1) is 31.2 Å². The maximum Gasteiger partial charge on any atom is 0.259 e. The van der Waals surface area contributed by atoms with E-state index in [1.165, 1.54) is 16.9 Å². The molecule has 0 unspecified atom stereocenters. The number of hydrogen-bond acceptors (Lipinski definition) is 7. The first kappa shape index (κ1) is 22.1. The minimum Gasteiger partial charge on any atom is -0.389 e. The Morgan fingerprint density at radius 2 is 2.24 bits per heavy atom. The molecule has 2 aromatic heterocycles. The maximum absolute atomic E-state index is 12.8. The Morgan fingerprint density at radius 1 is 1.41 bits per heavy atom. The normalized spacial score (nSPS) is 15.0. The van der Waals surface area contributed by atoms with Gasteiger partial charge in [-0.05, 0) is 37.7 Å². The molecule has 7 nitrogen and oxygen atoms in total. The van der Waals surface area contributed by atoms with Crippen LogP contribution in [0.3, 0.4) is 0 Å². The van der Waals surface area contributed by atoms with Crippen LogP contribution in [0.4, 0.5) is 0 Å². The van der Waals surface area contributed by atoms with Gasteiger partial charge in [0.25, 0.3) is 5.56 Å². The van der Waals surface area contributed by atoms with E-state index in [1.54, 1.807) is 24.5 Å². The molecule has 8 heteroatoms. The molecule has 0 amide bonds. The molecule has 0 saturated heterocycles. The molecule has 29 heavy (non-hydrogen) atoms. The van der Waals surface area contributed by atoms with Gasteiger partial charge in [0.1, 0.15) is 10.7 Å². The van der Waals surface area contributed by atoms with Gasteiger partial charge in [-0.2, -0.15) is 0 Å². The Balaban J connectivity index is 1.74. The molecule has 1 aliphatic carbocycles. The summed E-state index contributed by atoms with van der Waals surface area (Å²) in [5.74, 6) is 0.637. The van der Waals surface area contributed by atoms with Crippen LogP contribution in [0.2, 0.25) is 0 Å². The number of hydrogen-bond donors (Lipinski definition) is 2. The number of aliphatic hydroxyl groups is 1. The van der Waals surface area contributed by atoms with Gasteiger partial charge in [0.2, 0.25) is 0 Å². The van der Waals surface area contributed by atoms with E-state index >= 15 is 0 Å². The van der Waals surface area contributed by atoms with E-state index in [1.807, 2.05) is 0 Å². The number of thiophene rings is 1. The molecule has 0 fully saturated rings. The fourth-order valence-electron chi connectivity index (χ4n) is 3.80. The lowest BCUT2D eigenvalue weighted by Crippen LogP contribution is -2.36. The predicted octanol–water partition coefficient (Wildman–Crippen LogP) is 2.27. The van der Waals surface area contributed by atoms with Crippen molar-refractivity contribution in [3.8, 4) is 0 Å². The summed E-state index contributed by atoms with van der Waals surface area (Å²) in [5, 5.41) is 11.1. The minimum absolute atomic E-state index is 0.0453. The summed E-state index contributed by atoms with van der Waals surface area (Å²) in [4.78, 5) is 24.7. The average molecular weight is 422 g/mol. The summed E-state index contributed by atoms with van der Waals surface area (Å²) in [5.41, 5.74) is 1.15. The molecule has 2 heterocycles. The largest absolute Gasteiger partial charge is 0.389 e. The summed E-state index contributed by atoms with van der Waals surface area (Å²) in [6.45, 7) is 6.54. The number of fused-ring (bicyclic) bond motifs is 3. The molecule has 0 aromatic carbocycles. The first-order valence-electron chi connectivity index (χ1n) is 10.2. The van der Waals surface area contributed by atoms with E-state index in [0.717, 1.165) is 42.4 Å². The Kier molecular flexibility index (Phi) is 8.38. The number of ether oxygens (including phenoxy) is 2. The third-order valence-electron chi connectivity index (χ3n) is 5.09. The monoisotopic (exact) mass is 421 g/mol.